The first-order valence-corrected chi connectivity index (χ1v) is 10.7. The van der Waals surface area contributed by atoms with Gasteiger partial charge in [0.2, 0.25) is 0 Å². The molecule has 1 aromatic rings. The fourth-order valence-electron chi connectivity index (χ4n) is 1.77. The summed E-state index contributed by atoms with van der Waals surface area (Å²) >= 11 is 17.9. The quantitative estimate of drug-likeness (QED) is 0.210. The molecule has 1 aromatic carbocycles. The van der Waals surface area contributed by atoms with Crippen molar-refractivity contribution in [2.24, 2.45) is 4.99 Å². The normalized spacial score (nSPS) is 11.7. The van der Waals surface area contributed by atoms with Gasteiger partial charge in [-0.1, -0.05) is 41.7 Å². The molecule has 0 fully saturated rings. The van der Waals surface area contributed by atoms with E-state index in [1.54, 1.807) is 19.1 Å². The minimum absolute atomic E-state index is 0. The van der Waals surface area contributed by atoms with Gasteiger partial charge in [0.05, 0.1) is 28.9 Å². The highest BCUT2D eigenvalue weighted by molar-refractivity contribution is 14.0. The minimum Gasteiger partial charge on any atom is -0.489 e. The van der Waals surface area contributed by atoms with Crippen LogP contribution in [0.5, 0.6) is 5.75 Å². The first kappa shape index (κ1) is 25.8. The molecular formula is C15H23Cl3IN3O3S. The van der Waals surface area contributed by atoms with Crippen LogP contribution in [0.4, 0.5) is 0 Å². The maximum atomic E-state index is 11.5. The van der Waals surface area contributed by atoms with Crippen LogP contribution in [0.2, 0.25) is 15.1 Å². The molecule has 0 aromatic heterocycles. The lowest BCUT2D eigenvalue weighted by molar-refractivity contribution is 0.322. The third-order valence-corrected chi connectivity index (χ3v) is 5.52. The molecule has 0 unspecified atom stereocenters. The molecule has 0 radical (unpaired) electrons. The Morgan fingerprint density at radius 3 is 2.31 bits per heavy atom. The van der Waals surface area contributed by atoms with Gasteiger partial charge in [-0.25, -0.2) is 8.42 Å². The number of hydrogen-bond acceptors (Lipinski definition) is 4. The Kier molecular flexibility index (Phi) is 13.0. The third kappa shape index (κ3) is 9.68. The maximum absolute atomic E-state index is 11.5. The summed E-state index contributed by atoms with van der Waals surface area (Å²) in [5.41, 5.74) is 0. The molecule has 0 saturated heterocycles. The van der Waals surface area contributed by atoms with Gasteiger partial charge in [0.25, 0.3) is 0 Å². The zero-order valence-corrected chi connectivity index (χ0v) is 19.9. The summed E-state index contributed by atoms with van der Waals surface area (Å²) in [6.07, 6.45) is 0. The molecule has 0 saturated carbocycles. The lowest BCUT2D eigenvalue weighted by Crippen LogP contribution is -2.39. The largest absolute Gasteiger partial charge is 0.489 e. The number of guanidine groups is 1. The summed E-state index contributed by atoms with van der Waals surface area (Å²) in [4.78, 5) is 4.23. The Bertz CT molecular complexity index is 680. The summed E-state index contributed by atoms with van der Waals surface area (Å²) in [5, 5.41) is 7.19. The van der Waals surface area contributed by atoms with Crippen molar-refractivity contribution >= 4 is 74.6 Å². The van der Waals surface area contributed by atoms with Crippen LogP contribution in [0.25, 0.3) is 0 Å². The molecule has 0 spiro atoms. The Balaban J connectivity index is 0.00000625. The average Bonchev–Trinajstić information content (AvgIpc) is 2.53. The second kappa shape index (κ2) is 13.1. The van der Waals surface area contributed by atoms with Crippen LogP contribution in [0.3, 0.4) is 0 Å². The molecule has 0 heterocycles. The van der Waals surface area contributed by atoms with E-state index < -0.39 is 9.84 Å². The van der Waals surface area contributed by atoms with Crippen LogP contribution in [-0.2, 0) is 9.84 Å². The van der Waals surface area contributed by atoms with Gasteiger partial charge in [-0.15, -0.1) is 24.0 Å². The van der Waals surface area contributed by atoms with Gasteiger partial charge in [0.15, 0.2) is 21.5 Å². The maximum Gasteiger partial charge on any atom is 0.191 e. The van der Waals surface area contributed by atoms with Crippen molar-refractivity contribution < 1.29 is 13.2 Å². The highest BCUT2D eigenvalue weighted by atomic mass is 127. The van der Waals surface area contributed by atoms with E-state index in [0.29, 0.717) is 46.5 Å². The summed E-state index contributed by atoms with van der Waals surface area (Å²) in [6.45, 7) is 5.11. The summed E-state index contributed by atoms with van der Waals surface area (Å²) < 4.78 is 28.5. The van der Waals surface area contributed by atoms with Gasteiger partial charge in [-0.05, 0) is 19.1 Å². The molecule has 0 atom stereocenters. The summed E-state index contributed by atoms with van der Waals surface area (Å²) in [7, 11) is -3.03. The van der Waals surface area contributed by atoms with Crippen LogP contribution in [0, 0.1) is 0 Å². The average molecular weight is 559 g/mol. The van der Waals surface area contributed by atoms with Gasteiger partial charge in [-0.3, -0.25) is 4.99 Å². The molecule has 0 aliphatic heterocycles. The number of sulfone groups is 1. The van der Waals surface area contributed by atoms with Crippen molar-refractivity contribution in [3.05, 3.63) is 27.2 Å². The fourth-order valence-corrected chi connectivity index (χ4v) is 3.36. The molecular weight excluding hydrogens is 536 g/mol. The van der Waals surface area contributed by atoms with Crippen LogP contribution in [0.1, 0.15) is 13.8 Å². The Morgan fingerprint density at radius 2 is 1.77 bits per heavy atom. The van der Waals surface area contributed by atoms with E-state index >= 15 is 0 Å². The lowest BCUT2D eigenvalue weighted by atomic mass is 10.3. The third-order valence-electron chi connectivity index (χ3n) is 3.06. The predicted molar refractivity (Wildman–Crippen MR) is 121 cm³/mol. The number of nitrogens with zero attached hydrogens (tertiary/aromatic N) is 1. The van der Waals surface area contributed by atoms with Gasteiger partial charge >= 0.3 is 0 Å². The standard InChI is InChI=1S/C15H22Cl3N3O3S.HI/c1-3-19-15(21-6-8-25(22,23)4-2)20-5-7-24-14-12(17)9-11(16)10-13(14)18;/h9-10H,3-8H2,1-2H3,(H2,19,20,21);1H. The van der Waals surface area contributed by atoms with Crippen LogP contribution in [-0.4, -0.2) is 52.1 Å². The van der Waals surface area contributed by atoms with E-state index in [-0.39, 0.29) is 42.0 Å². The molecule has 1 rings (SSSR count). The molecule has 0 aliphatic carbocycles. The molecule has 0 aliphatic rings. The van der Waals surface area contributed by atoms with E-state index in [2.05, 4.69) is 15.6 Å². The second-order valence-corrected chi connectivity index (χ2v) is 8.69. The highest BCUT2D eigenvalue weighted by Gasteiger charge is 2.09. The van der Waals surface area contributed by atoms with Gasteiger partial charge in [0, 0.05) is 17.3 Å². The van der Waals surface area contributed by atoms with E-state index in [9.17, 15) is 8.42 Å². The van der Waals surface area contributed by atoms with E-state index in [4.69, 9.17) is 39.5 Å². The summed E-state index contributed by atoms with van der Waals surface area (Å²) in [5.74, 6) is 1.02. The van der Waals surface area contributed by atoms with Crippen molar-refractivity contribution in [2.45, 2.75) is 13.8 Å². The van der Waals surface area contributed by atoms with Crippen molar-refractivity contribution in [3.8, 4) is 5.75 Å². The van der Waals surface area contributed by atoms with Crippen LogP contribution >= 0.6 is 58.8 Å². The Morgan fingerprint density at radius 1 is 1.15 bits per heavy atom. The first-order chi connectivity index (χ1) is 11.8. The second-order valence-electron chi connectivity index (χ2n) is 4.97. The van der Waals surface area contributed by atoms with Gasteiger partial charge in [-0.2, -0.15) is 0 Å². The topological polar surface area (TPSA) is 79.8 Å². The number of benzene rings is 1. The Labute approximate surface area is 187 Å². The molecule has 2 N–H and O–H groups in total. The number of aliphatic imine (C=N–C) groups is 1. The number of halogens is 4. The van der Waals surface area contributed by atoms with E-state index in [1.165, 1.54) is 0 Å². The fraction of sp³-hybridized carbons (Fsp3) is 0.533. The zero-order valence-electron chi connectivity index (χ0n) is 14.5. The molecule has 6 nitrogen and oxygen atoms in total. The number of hydrogen-bond donors (Lipinski definition) is 2. The molecule has 11 heteroatoms. The lowest BCUT2D eigenvalue weighted by Gasteiger charge is -2.13. The monoisotopic (exact) mass is 557 g/mol. The van der Waals surface area contributed by atoms with Crippen molar-refractivity contribution in [3.63, 3.8) is 0 Å². The zero-order chi connectivity index (χ0) is 18.9. The van der Waals surface area contributed by atoms with Gasteiger partial charge < -0.3 is 15.4 Å². The highest BCUT2D eigenvalue weighted by Crippen LogP contribution is 2.35. The SMILES string of the molecule is CCNC(=NCCS(=O)(=O)CC)NCCOc1c(Cl)cc(Cl)cc1Cl.I. The molecule has 0 bridgehead atoms. The van der Waals surface area contributed by atoms with Crippen molar-refractivity contribution in [1.82, 2.24) is 10.6 Å². The Hall–Kier alpha value is -0.160. The minimum atomic E-state index is -3.03. The van der Waals surface area contributed by atoms with Crippen molar-refractivity contribution in [2.75, 3.05) is 37.7 Å². The molecule has 150 valence electrons. The van der Waals surface area contributed by atoms with Crippen LogP contribution < -0.4 is 15.4 Å². The molecule has 26 heavy (non-hydrogen) atoms. The van der Waals surface area contributed by atoms with Crippen molar-refractivity contribution in [1.29, 1.82) is 0 Å². The number of nitrogens with one attached hydrogen (secondary N) is 2. The van der Waals surface area contributed by atoms with E-state index in [1.807, 2.05) is 6.92 Å². The summed E-state index contributed by atoms with van der Waals surface area (Å²) in [6, 6.07) is 3.11. The number of ether oxygens (including phenoxy) is 1. The van der Waals surface area contributed by atoms with Crippen LogP contribution in [0.15, 0.2) is 17.1 Å². The smallest absolute Gasteiger partial charge is 0.191 e. The predicted octanol–water partition coefficient (Wildman–Crippen LogP) is 3.63. The van der Waals surface area contributed by atoms with Gasteiger partial charge in [0.1, 0.15) is 6.61 Å². The molecule has 0 amide bonds. The first-order valence-electron chi connectivity index (χ1n) is 7.79. The number of rotatable bonds is 9. The van der Waals surface area contributed by atoms with E-state index in [0.717, 1.165) is 0 Å².